The van der Waals surface area contributed by atoms with Crippen LogP contribution >= 0.6 is 0 Å². The molecular formula is C17H19FN2O4S. The number of anilines is 1. The van der Waals surface area contributed by atoms with Gasteiger partial charge in [0.05, 0.1) is 12.0 Å². The summed E-state index contributed by atoms with van der Waals surface area (Å²) in [6.07, 6.45) is 0. The van der Waals surface area contributed by atoms with Crippen molar-refractivity contribution in [1.29, 1.82) is 0 Å². The van der Waals surface area contributed by atoms with E-state index in [9.17, 15) is 17.6 Å². The number of carbonyl (C=O) groups is 1. The average Bonchev–Trinajstić information content (AvgIpc) is 2.57. The van der Waals surface area contributed by atoms with E-state index in [-0.39, 0.29) is 21.9 Å². The maximum absolute atomic E-state index is 13.7. The third kappa shape index (κ3) is 3.97. The number of hydrogen-bond donors (Lipinski definition) is 2. The second-order valence-electron chi connectivity index (χ2n) is 5.43. The van der Waals surface area contributed by atoms with E-state index in [0.29, 0.717) is 11.1 Å². The summed E-state index contributed by atoms with van der Waals surface area (Å²) >= 11 is 0. The van der Waals surface area contributed by atoms with Gasteiger partial charge in [0.1, 0.15) is 0 Å². The number of sulfonamides is 1. The van der Waals surface area contributed by atoms with Crippen LogP contribution in [0.3, 0.4) is 0 Å². The van der Waals surface area contributed by atoms with Gasteiger partial charge in [-0.1, -0.05) is 0 Å². The number of nitrogens with one attached hydrogen (secondary N) is 2. The van der Waals surface area contributed by atoms with Crippen molar-refractivity contribution in [3.8, 4) is 5.75 Å². The fraction of sp³-hybridized carbons (Fsp3) is 0.235. The van der Waals surface area contributed by atoms with E-state index in [1.54, 1.807) is 19.9 Å². The first kappa shape index (κ1) is 18.9. The lowest BCUT2D eigenvalue weighted by atomic mass is 10.1. The highest BCUT2D eigenvalue weighted by Gasteiger charge is 2.19. The normalized spacial score (nSPS) is 11.2. The van der Waals surface area contributed by atoms with Crippen LogP contribution in [0.25, 0.3) is 0 Å². The Kier molecular flexibility index (Phi) is 5.44. The zero-order chi connectivity index (χ0) is 18.8. The molecule has 0 aliphatic heterocycles. The Morgan fingerprint density at radius 3 is 2.40 bits per heavy atom. The van der Waals surface area contributed by atoms with Gasteiger partial charge in [-0.3, -0.25) is 4.79 Å². The van der Waals surface area contributed by atoms with Crippen LogP contribution in [0.4, 0.5) is 10.1 Å². The molecule has 0 heterocycles. The summed E-state index contributed by atoms with van der Waals surface area (Å²) in [5.41, 5.74) is 1.61. The molecule has 0 radical (unpaired) electrons. The Bertz CT molecular complexity index is 926. The van der Waals surface area contributed by atoms with Gasteiger partial charge in [-0.25, -0.2) is 17.5 Å². The lowest BCUT2D eigenvalue weighted by Gasteiger charge is -2.13. The Morgan fingerprint density at radius 2 is 1.84 bits per heavy atom. The first-order chi connectivity index (χ1) is 11.7. The summed E-state index contributed by atoms with van der Waals surface area (Å²) in [5, 5.41) is 2.54. The molecule has 0 aliphatic carbocycles. The van der Waals surface area contributed by atoms with Gasteiger partial charge in [0.25, 0.3) is 5.91 Å². The summed E-state index contributed by atoms with van der Waals surface area (Å²) in [7, 11) is -1.06. The number of carbonyl (C=O) groups excluding carboxylic acids is 1. The van der Waals surface area contributed by atoms with Crippen molar-refractivity contribution in [1.82, 2.24) is 4.72 Å². The van der Waals surface area contributed by atoms with E-state index in [2.05, 4.69) is 10.0 Å². The second-order valence-corrected chi connectivity index (χ2v) is 7.28. The zero-order valence-electron chi connectivity index (χ0n) is 14.3. The maximum Gasteiger partial charge on any atom is 0.255 e. The highest BCUT2D eigenvalue weighted by molar-refractivity contribution is 7.89. The van der Waals surface area contributed by atoms with Crippen molar-refractivity contribution in [2.24, 2.45) is 0 Å². The van der Waals surface area contributed by atoms with Gasteiger partial charge in [0, 0.05) is 17.3 Å². The third-order valence-electron chi connectivity index (χ3n) is 3.85. The van der Waals surface area contributed by atoms with E-state index < -0.39 is 21.7 Å². The molecule has 25 heavy (non-hydrogen) atoms. The van der Waals surface area contributed by atoms with Crippen LogP contribution in [0.15, 0.2) is 35.2 Å². The number of aryl methyl sites for hydroxylation is 1. The van der Waals surface area contributed by atoms with E-state index in [0.717, 1.165) is 6.07 Å². The molecule has 0 aliphatic rings. The van der Waals surface area contributed by atoms with Crippen LogP contribution in [0.5, 0.6) is 5.75 Å². The molecule has 0 saturated heterocycles. The highest BCUT2D eigenvalue weighted by atomic mass is 32.2. The summed E-state index contributed by atoms with van der Waals surface area (Å²) < 4.78 is 45.0. The summed E-state index contributed by atoms with van der Waals surface area (Å²) in [6.45, 7) is 3.38. The van der Waals surface area contributed by atoms with Gasteiger partial charge < -0.3 is 10.1 Å². The molecular weight excluding hydrogens is 347 g/mol. The molecule has 2 N–H and O–H groups in total. The summed E-state index contributed by atoms with van der Waals surface area (Å²) in [4.78, 5) is 12.5. The molecule has 0 fully saturated rings. The van der Waals surface area contributed by atoms with Crippen molar-refractivity contribution in [3.05, 3.63) is 52.8 Å². The number of halogens is 1. The highest BCUT2D eigenvalue weighted by Crippen LogP contribution is 2.23. The minimum Gasteiger partial charge on any atom is -0.494 e. The Balaban J connectivity index is 2.38. The minimum absolute atomic E-state index is 0.0288. The molecule has 8 heteroatoms. The Morgan fingerprint density at radius 1 is 1.16 bits per heavy atom. The summed E-state index contributed by atoms with van der Waals surface area (Å²) in [6, 6.07) is 6.89. The number of methoxy groups -OCH3 is 1. The maximum atomic E-state index is 13.7. The summed E-state index contributed by atoms with van der Waals surface area (Å²) in [5.74, 6) is -1.09. The number of rotatable bonds is 5. The number of benzene rings is 2. The molecule has 2 aromatic rings. The molecule has 0 aromatic heterocycles. The second kappa shape index (κ2) is 7.20. The molecule has 134 valence electrons. The predicted octanol–water partition coefficient (Wildman–Crippen LogP) is 2.61. The lowest BCUT2D eigenvalue weighted by molar-refractivity contribution is 0.102. The van der Waals surface area contributed by atoms with Gasteiger partial charge in [-0.15, -0.1) is 0 Å². The molecule has 1 amide bonds. The van der Waals surface area contributed by atoms with Crippen LogP contribution in [0.2, 0.25) is 0 Å². The van der Waals surface area contributed by atoms with E-state index in [4.69, 9.17) is 4.74 Å². The zero-order valence-corrected chi connectivity index (χ0v) is 15.1. The molecule has 0 spiro atoms. The fourth-order valence-corrected chi connectivity index (χ4v) is 3.36. The Hall–Kier alpha value is -2.45. The van der Waals surface area contributed by atoms with Crippen LogP contribution in [-0.2, 0) is 10.0 Å². The van der Waals surface area contributed by atoms with Gasteiger partial charge in [-0.05, 0) is 56.3 Å². The average molecular weight is 366 g/mol. The van der Waals surface area contributed by atoms with Crippen molar-refractivity contribution in [2.45, 2.75) is 18.7 Å². The van der Waals surface area contributed by atoms with Gasteiger partial charge in [0.2, 0.25) is 10.0 Å². The van der Waals surface area contributed by atoms with Crippen molar-refractivity contribution in [3.63, 3.8) is 0 Å². The molecule has 0 atom stereocenters. The molecule has 0 bridgehead atoms. The molecule has 0 saturated carbocycles. The first-order valence-corrected chi connectivity index (χ1v) is 8.87. The quantitative estimate of drug-likeness (QED) is 0.852. The number of ether oxygens (including phenoxy) is 1. The van der Waals surface area contributed by atoms with E-state index in [1.807, 2.05) is 0 Å². The topological polar surface area (TPSA) is 84.5 Å². The molecule has 6 nitrogen and oxygen atoms in total. The van der Waals surface area contributed by atoms with Gasteiger partial charge in [-0.2, -0.15) is 0 Å². The van der Waals surface area contributed by atoms with Crippen molar-refractivity contribution < 1.29 is 22.3 Å². The minimum atomic E-state index is -3.70. The SMILES string of the molecule is CNS(=O)(=O)c1cc(C(=O)Nc2ccc(OC)c(F)c2)cc(C)c1C. The van der Waals surface area contributed by atoms with Crippen LogP contribution in [-0.4, -0.2) is 28.5 Å². The molecule has 2 aromatic carbocycles. The lowest BCUT2D eigenvalue weighted by Crippen LogP contribution is -2.21. The van der Waals surface area contributed by atoms with Crippen LogP contribution in [0, 0.1) is 19.7 Å². The smallest absolute Gasteiger partial charge is 0.255 e. The Labute approximate surface area is 146 Å². The third-order valence-corrected chi connectivity index (χ3v) is 5.39. The standard InChI is InChI=1S/C17H19FN2O4S/c1-10-7-12(8-16(11(10)2)25(22,23)19-3)17(21)20-13-5-6-15(24-4)14(18)9-13/h5-9,19H,1-4H3,(H,20,21). The number of hydrogen-bond acceptors (Lipinski definition) is 4. The fourth-order valence-electron chi connectivity index (χ4n) is 2.29. The molecule has 0 unspecified atom stereocenters. The van der Waals surface area contributed by atoms with Crippen molar-refractivity contribution in [2.75, 3.05) is 19.5 Å². The first-order valence-electron chi connectivity index (χ1n) is 7.39. The largest absolute Gasteiger partial charge is 0.494 e. The monoisotopic (exact) mass is 366 g/mol. The van der Waals surface area contributed by atoms with Crippen LogP contribution < -0.4 is 14.8 Å². The van der Waals surface area contributed by atoms with E-state index in [1.165, 1.54) is 32.4 Å². The van der Waals surface area contributed by atoms with Gasteiger partial charge >= 0.3 is 0 Å². The van der Waals surface area contributed by atoms with Crippen molar-refractivity contribution >= 4 is 21.6 Å². The predicted molar refractivity (Wildman–Crippen MR) is 93.1 cm³/mol. The van der Waals surface area contributed by atoms with Gasteiger partial charge in [0.15, 0.2) is 11.6 Å². The number of amides is 1. The van der Waals surface area contributed by atoms with Crippen LogP contribution in [0.1, 0.15) is 21.5 Å². The van der Waals surface area contributed by atoms with E-state index >= 15 is 0 Å². The molecule has 2 rings (SSSR count).